The van der Waals surface area contributed by atoms with E-state index in [1.165, 1.54) is 44.9 Å². The number of hydrogen-bond acceptors (Lipinski definition) is 2. The maximum absolute atomic E-state index is 6.38. The third-order valence-electron chi connectivity index (χ3n) is 11.0. The van der Waals surface area contributed by atoms with Crippen molar-refractivity contribution >= 4 is 0 Å². The van der Waals surface area contributed by atoms with Crippen LogP contribution in [-0.4, -0.2) is 12.6 Å². The van der Waals surface area contributed by atoms with Crippen LogP contribution in [0, 0.1) is 51.2 Å². The number of nitrogens with two attached hydrogens (primary N) is 2. The van der Waals surface area contributed by atoms with Gasteiger partial charge in [-0.3, -0.25) is 0 Å². The van der Waals surface area contributed by atoms with Crippen LogP contribution in [0.25, 0.3) is 0 Å². The van der Waals surface area contributed by atoms with Crippen molar-refractivity contribution in [3.63, 3.8) is 0 Å². The third-order valence-corrected chi connectivity index (χ3v) is 11.0. The number of allylic oxidation sites excluding steroid dienone is 2. The molecule has 166 valence electrons. The molecular weight excluding hydrogens is 352 g/mol. The second-order valence-corrected chi connectivity index (χ2v) is 13.1. The molecule has 0 spiro atoms. The van der Waals surface area contributed by atoms with Gasteiger partial charge in [-0.2, -0.15) is 0 Å². The van der Waals surface area contributed by atoms with Crippen LogP contribution >= 0.6 is 0 Å². The van der Waals surface area contributed by atoms with E-state index in [2.05, 4.69) is 53.7 Å². The lowest BCUT2D eigenvalue weighted by Gasteiger charge is -2.68. The second kappa shape index (κ2) is 7.09. The van der Waals surface area contributed by atoms with E-state index in [1.807, 2.05) is 0 Å². The molecule has 4 N–H and O–H groups in total. The van der Waals surface area contributed by atoms with Gasteiger partial charge in [-0.15, -0.1) is 0 Å². The Hall–Kier alpha value is -0.340. The lowest BCUT2D eigenvalue weighted by molar-refractivity contribution is -0.181. The van der Waals surface area contributed by atoms with Crippen molar-refractivity contribution in [1.82, 2.24) is 0 Å². The van der Waals surface area contributed by atoms with Crippen molar-refractivity contribution in [1.29, 1.82) is 0 Å². The van der Waals surface area contributed by atoms with Crippen LogP contribution in [0.1, 0.15) is 92.9 Å². The lowest BCUT2D eigenvalue weighted by atomic mass is 9.37. The van der Waals surface area contributed by atoms with Crippen LogP contribution in [0.4, 0.5) is 0 Å². The fourth-order valence-corrected chi connectivity index (χ4v) is 9.67. The molecule has 0 aromatic rings. The van der Waals surface area contributed by atoms with Crippen molar-refractivity contribution in [3.05, 3.63) is 12.2 Å². The molecule has 3 saturated carbocycles. The fourth-order valence-electron chi connectivity index (χ4n) is 9.67. The van der Waals surface area contributed by atoms with E-state index in [4.69, 9.17) is 11.5 Å². The highest BCUT2D eigenvalue weighted by Gasteiger charge is 2.63. The molecule has 0 aromatic heterocycles. The van der Waals surface area contributed by atoms with Gasteiger partial charge in [0.15, 0.2) is 0 Å². The minimum atomic E-state index is 0.285. The zero-order chi connectivity index (χ0) is 21.2. The van der Waals surface area contributed by atoms with E-state index in [0.29, 0.717) is 22.2 Å². The molecule has 0 amide bonds. The van der Waals surface area contributed by atoms with E-state index in [0.717, 1.165) is 36.6 Å². The predicted octanol–water partition coefficient (Wildman–Crippen LogP) is 6.15. The molecule has 9 atom stereocenters. The van der Waals surface area contributed by atoms with E-state index in [1.54, 1.807) is 0 Å². The van der Waals surface area contributed by atoms with E-state index >= 15 is 0 Å². The average molecular weight is 401 g/mol. The quantitative estimate of drug-likeness (QED) is 0.558. The molecular formula is C27H48N2. The summed E-state index contributed by atoms with van der Waals surface area (Å²) in [5.41, 5.74) is 14.4. The van der Waals surface area contributed by atoms with Crippen molar-refractivity contribution in [2.24, 2.45) is 62.7 Å². The summed E-state index contributed by atoms with van der Waals surface area (Å²) in [4.78, 5) is 0. The standard InChI is InChI=1S/C27H48N2/c1-18(29)16-21-19-8-9-23-26(5,20(19)10-14-25(21,4)17-28)15-11-22-24(2,3)12-7-13-27(22,23)6/h7,12,18-23H,8-11,13-17,28-29H2,1-6H3. The summed E-state index contributed by atoms with van der Waals surface area (Å²) in [6.07, 6.45) is 15.9. The monoisotopic (exact) mass is 400 g/mol. The average Bonchev–Trinajstić information content (AvgIpc) is 2.62. The van der Waals surface area contributed by atoms with Gasteiger partial charge in [0.25, 0.3) is 0 Å². The van der Waals surface area contributed by atoms with Crippen molar-refractivity contribution in [2.75, 3.05) is 6.54 Å². The van der Waals surface area contributed by atoms with E-state index in [9.17, 15) is 0 Å². The van der Waals surface area contributed by atoms with E-state index < -0.39 is 0 Å². The molecule has 29 heavy (non-hydrogen) atoms. The topological polar surface area (TPSA) is 52.0 Å². The van der Waals surface area contributed by atoms with Crippen LogP contribution in [0.5, 0.6) is 0 Å². The molecule has 9 unspecified atom stereocenters. The summed E-state index contributed by atoms with van der Waals surface area (Å²) < 4.78 is 0. The van der Waals surface area contributed by atoms with Gasteiger partial charge >= 0.3 is 0 Å². The second-order valence-electron chi connectivity index (χ2n) is 13.1. The minimum absolute atomic E-state index is 0.285. The number of rotatable bonds is 3. The van der Waals surface area contributed by atoms with Gasteiger partial charge < -0.3 is 11.5 Å². The smallest absolute Gasteiger partial charge is 0.00134 e. The molecule has 2 heteroatoms. The first-order valence-electron chi connectivity index (χ1n) is 12.6. The Bertz CT molecular complexity index is 651. The molecule has 0 heterocycles. The van der Waals surface area contributed by atoms with Gasteiger partial charge in [0, 0.05) is 6.04 Å². The van der Waals surface area contributed by atoms with Gasteiger partial charge in [0.2, 0.25) is 0 Å². The van der Waals surface area contributed by atoms with Crippen LogP contribution < -0.4 is 11.5 Å². The van der Waals surface area contributed by atoms with E-state index in [-0.39, 0.29) is 11.5 Å². The van der Waals surface area contributed by atoms with Gasteiger partial charge in [-0.1, -0.05) is 46.8 Å². The highest BCUT2D eigenvalue weighted by molar-refractivity contribution is 5.18. The first-order chi connectivity index (χ1) is 13.5. The molecule has 3 fully saturated rings. The van der Waals surface area contributed by atoms with Gasteiger partial charge in [0.1, 0.15) is 0 Å². The highest BCUT2D eigenvalue weighted by Crippen LogP contribution is 2.71. The van der Waals surface area contributed by atoms with Gasteiger partial charge in [-0.25, -0.2) is 0 Å². The van der Waals surface area contributed by atoms with Crippen LogP contribution in [0.15, 0.2) is 12.2 Å². The predicted molar refractivity (Wildman–Crippen MR) is 124 cm³/mol. The number of fused-ring (bicyclic) bond motifs is 5. The Morgan fingerprint density at radius 2 is 1.66 bits per heavy atom. The molecule has 0 saturated heterocycles. The Balaban J connectivity index is 1.68. The van der Waals surface area contributed by atoms with Crippen LogP contribution in [0.3, 0.4) is 0 Å². The van der Waals surface area contributed by atoms with Gasteiger partial charge in [-0.05, 0) is 116 Å². The first kappa shape index (κ1) is 21.9. The summed E-state index contributed by atoms with van der Waals surface area (Å²) in [5, 5.41) is 0. The molecule has 4 rings (SSSR count). The van der Waals surface area contributed by atoms with Crippen LogP contribution in [0.2, 0.25) is 0 Å². The summed E-state index contributed by atoms with van der Waals surface area (Å²) in [5.74, 6) is 4.12. The SMILES string of the molecule is CC(N)CC1C2CCC3C(C)(CCC4C(C)(C)C=CCC43C)C2CCC1(C)CN. The molecule has 2 nitrogen and oxygen atoms in total. The van der Waals surface area contributed by atoms with Crippen LogP contribution in [-0.2, 0) is 0 Å². The first-order valence-corrected chi connectivity index (χ1v) is 12.6. The molecule has 0 bridgehead atoms. The molecule has 4 aliphatic rings. The molecule has 0 radical (unpaired) electrons. The normalized spacial score (nSPS) is 52.2. The Morgan fingerprint density at radius 3 is 2.31 bits per heavy atom. The summed E-state index contributed by atoms with van der Waals surface area (Å²) >= 11 is 0. The molecule has 0 aliphatic heterocycles. The van der Waals surface area contributed by atoms with Gasteiger partial charge in [0.05, 0.1) is 0 Å². The Labute approximate surface area is 180 Å². The van der Waals surface area contributed by atoms with Crippen molar-refractivity contribution < 1.29 is 0 Å². The summed E-state index contributed by atoms with van der Waals surface area (Å²) in [6.45, 7) is 15.9. The zero-order valence-corrected chi connectivity index (χ0v) is 20.1. The van der Waals surface area contributed by atoms with Crippen molar-refractivity contribution in [2.45, 2.75) is 99.0 Å². The lowest BCUT2D eigenvalue weighted by Crippen LogP contribution is -2.61. The highest BCUT2D eigenvalue weighted by atomic mass is 14.7. The zero-order valence-electron chi connectivity index (χ0n) is 20.1. The van der Waals surface area contributed by atoms with Crippen molar-refractivity contribution in [3.8, 4) is 0 Å². The maximum Gasteiger partial charge on any atom is 0.00134 e. The Morgan fingerprint density at radius 1 is 0.931 bits per heavy atom. The summed E-state index contributed by atoms with van der Waals surface area (Å²) in [7, 11) is 0. The largest absolute Gasteiger partial charge is 0.330 e. The fraction of sp³-hybridized carbons (Fsp3) is 0.926. The molecule has 0 aromatic carbocycles. The third kappa shape index (κ3) is 3.18. The minimum Gasteiger partial charge on any atom is -0.330 e. The molecule has 4 aliphatic carbocycles. The summed E-state index contributed by atoms with van der Waals surface area (Å²) in [6, 6.07) is 0.285. The maximum atomic E-state index is 6.38. The number of hydrogen-bond donors (Lipinski definition) is 2. The Kier molecular flexibility index (Phi) is 5.35.